The Morgan fingerprint density at radius 2 is 1.95 bits per heavy atom. The van der Waals surface area contributed by atoms with Gasteiger partial charge in [0.15, 0.2) is 5.16 Å². The molecule has 0 saturated carbocycles. The third-order valence-electron chi connectivity index (χ3n) is 3.80. The molecule has 0 N–H and O–H groups in total. The van der Waals surface area contributed by atoms with Gasteiger partial charge < -0.3 is 9.30 Å². The van der Waals surface area contributed by atoms with Crippen molar-refractivity contribution in [3.05, 3.63) is 48.5 Å². The van der Waals surface area contributed by atoms with Crippen LogP contribution in [0.2, 0.25) is 0 Å². The molecule has 4 nitrogen and oxygen atoms in total. The fraction of sp³-hybridized carbons (Fsp3) is 0.235. The number of benzene rings is 2. The SMILES string of the molecule is CCN1CCn2c(nc3ccc(Oc4ccccc4)cc32)S1. The van der Waals surface area contributed by atoms with Crippen molar-refractivity contribution in [3.63, 3.8) is 0 Å². The van der Waals surface area contributed by atoms with E-state index in [0.29, 0.717) is 0 Å². The molecule has 0 saturated heterocycles. The van der Waals surface area contributed by atoms with Gasteiger partial charge >= 0.3 is 0 Å². The minimum Gasteiger partial charge on any atom is -0.457 e. The zero-order valence-electron chi connectivity index (χ0n) is 12.4. The van der Waals surface area contributed by atoms with Gasteiger partial charge in [0.1, 0.15) is 11.5 Å². The summed E-state index contributed by atoms with van der Waals surface area (Å²) in [5.41, 5.74) is 2.17. The zero-order chi connectivity index (χ0) is 14.9. The summed E-state index contributed by atoms with van der Waals surface area (Å²) in [4.78, 5) is 4.73. The van der Waals surface area contributed by atoms with E-state index in [-0.39, 0.29) is 0 Å². The predicted molar refractivity (Wildman–Crippen MR) is 89.4 cm³/mol. The highest BCUT2D eigenvalue weighted by molar-refractivity contribution is 7.96. The number of imidazole rings is 1. The van der Waals surface area contributed by atoms with Gasteiger partial charge in [-0.3, -0.25) is 0 Å². The van der Waals surface area contributed by atoms with Crippen molar-refractivity contribution in [2.45, 2.75) is 18.6 Å². The van der Waals surface area contributed by atoms with E-state index in [9.17, 15) is 0 Å². The lowest BCUT2D eigenvalue weighted by molar-refractivity contribution is 0.425. The number of fused-ring (bicyclic) bond motifs is 3. The molecule has 112 valence electrons. The van der Waals surface area contributed by atoms with E-state index >= 15 is 0 Å². The highest BCUT2D eigenvalue weighted by Crippen LogP contribution is 2.32. The molecule has 0 amide bonds. The maximum Gasteiger partial charge on any atom is 0.184 e. The first-order valence-electron chi connectivity index (χ1n) is 7.49. The van der Waals surface area contributed by atoms with Crippen molar-refractivity contribution in [2.75, 3.05) is 13.1 Å². The van der Waals surface area contributed by atoms with Crippen LogP contribution in [0.5, 0.6) is 11.5 Å². The summed E-state index contributed by atoms with van der Waals surface area (Å²) in [6.45, 7) is 5.23. The van der Waals surface area contributed by atoms with Gasteiger partial charge in [-0.1, -0.05) is 25.1 Å². The molecule has 0 bridgehead atoms. The highest BCUT2D eigenvalue weighted by Gasteiger charge is 2.20. The van der Waals surface area contributed by atoms with E-state index in [0.717, 1.165) is 47.3 Å². The average molecular weight is 311 g/mol. The van der Waals surface area contributed by atoms with Crippen LogP contribution in [-0.4, -0.2) is 26.9 Å². The molecule has 1 aromatic heterocycles. The van der Waals surface area contributed by atoms with E-state index < -0.39 is 0 Å². The van der Waals surface area contributed by atoms with E-state index in [1.54, 1.807) is 11.9 Å². The molecular weight excluding hydrogens is 294 g/mol. The molecule has 2 aromatic carbocycles. The van der Waals surface area contributed by atoms with Crippen LogP contribution in [0.25, 0.3) is 11.0 Å². The van der Waals surface area contributed by atoms with Crippen LogP contribution < -0.4 is 4.74 Å². The van der Waals surface area contributed by atoms with Crippen molar-refractivity contribution < 1.29 is 4.74 Å². The maximum atomic E-state index is 5.93. The quantitative estimate of drug-likeness (QED) is 0.679. The molecule has 2 heterocycles. The Morgan fingerprint density at radius 3 is 2.77 bits per heavy atom. The molecule has 1 aliphatic heterocycles. The molecule has 1 aliphatic rings. The van der Waals surface area contributed by atoms with Gasteiger partial charge in [0, 0.05) is 25.7 Å². The topological polar surface area (TPSA) is 30.3 Å². The lowest BCUT2D eigenvalue weighted by atomic mass is 10.3. The molecule has 0 spiro atoms. The summed E-state index contributed by atoms with van der Waals surface area (Å²) in [5.74, 6) is 1.70. The molecule has 0 atom stereocenters. The summed E-state index contributed by atoms with van der Waals surface area (Å²) in [5, 5.41) is 1.07. The van der Waals surface area contributed by atoms with Gasteiger partial charge in [0.25, 0.3) is 0 Å². The fourth-order valence-corrected chi connectivity index (χ4v) is 3.61. The number of ether oxygens (including phenoxy) is 1. The number of nitrogens with zero attached hydrogens (tertiary/aromatic N) is 3. The van der Waals surface area contributed by atoms with Crippen LogP contribution in [0.15, 0.2) is 53.7 Å². The van der Waals surface area contributed by atoms with E-state index in [4.69, 9.17) is 9.72 Å². The van der Waals surface area contributed by atoms with Crippen LogP contribution in [0, 0.1) is 0 Å². The smallest absolute Gasteiger partial charge is 0.184 e. The minimum absolute atomic E-state index is 0.851. The number of hydrogen-bond acceptors (Lipinski definition) is 4. The largest absolute Gasteiger partial charge is 0.457 e. The maximum absolute atomic E-state index is 5.93. The summed E-state index contributed by atoms with van der Waals surface area (Å²) >= 11 is 1.74. The summed E-state index contributed by atoms with van der Waals surface area (Å²) in [6, 6.07) is 16.0. The number of likely N-dealkylation sites (N-methyl/N-ethyl adjacent to an activating group) is 1. The van der Waals surface area contributed by atoms with Crippen molar-refractivity contribution in [2.24, 2.45) is 0 Å². The van der Waals surface area contributed by atoms with Gasteiger partial charge in [-0.25, -0.2) is 9.29 Å². The van der Waals surface area contributed by atoms with Crippen LogP contribution >= 0.6 is 11.9 Å². The standard InChI is InChI=1S/C17H17N3OS/c1-2-19-10-11-20-16-12-14(21-13-6-4-3-5-7-13)8-9-15(16)18-17(20)22-19/h3-9,12H,2,10-11H2,1H3. The Bertz CT molecular complexity index is 800. The Balaban J connectivity index is 1.69. The zero-order valence-corrected chi connectivity index (χ0v) is 13.2. The van der Waals surface area contributed by atoms with Gasteiger partial charge in [0.2, 0.25) is 0 Å². The lowest BCUT2D eigenvalue weighted by Gasteiger charge is -2.24. The summed E-state index contributed by atoms with van der Waals surface area (Å²) < 4.78 is 10.5. The number of rotatable bonds is 3. The van der Waals surface area contributed by atoms with E-state index in [2.05, 4.69) is 21.9 Å². The predicted octanol–water partition coefficient (Wildman–Crippen LogP) is 4.17. The third-order valence-corrected chi connectivity index (χ3v) is 4.97. The number of para-hydroxylation sites is 1. The molecule has 0 aliphatic carbocycles. The van der Waals surface area contributed by atoms with Crippen LogP contribution in [0.3, 0.4) is 0 Å². The Morgan fingerprint density at radius 1 is 1.09 bits per heavy atom. The van der Waals surface area contributed by atoms with E-state index in [1.807, 2.05) is 42.5 Å². The first-order chi connectivity index (χ1) is 10.8. The second-order valence-electron chi connectivity index (χ2n) is 5.22. The number of aromatic nitrogens is 2. The summed E-state index contributed by atoms with van der Waals surface area (Å²) in [7, 11) is 0. The summed E-state index contributed by atoms with van der Waals surface area (Å²) in [6.07, 6.45) is 0. The van der Waals surface area contributed by atoms with Crippen molar-refractivity contribution in [1.29, 1.82) is 0 Å². The first-order valence-corrected chi connectivity index (χ1v) is 8.27. The Labute approximate surface area is 133 Å². The molecule has 3 aromatic rings. The minimum atomic E-state index is 0.851. The van der Waals surface area contributed by atoms with Crippen molar-refractivity contribution in [1.82, 2.24) is 13.9 Å². The molecule has 0 unspecified atom stereocenters. The van der Waals surface area contributed by atoms with Crippen molar-refractivity contribution in [3.8, 4) is 11.5 Å². The molecule has 22 heavy (non-hydrogen) atoms. The Kier molecular flexibility index (Phi) is 3.52. The number of hydrogen-bond donors (Lipinski definition) is 0. The van der Waals surface area contributed by atoms with Crippen LogP contribution in [-0.2, 0) is 6.54 Å². The second-order valence-corrected chi connectivity index (χ2v) is 6.29. The first kappa shape index (κ1) is 13.7. The van der Waals surface area contributed by atoms with E-state index in [1.165, 1.54) is 0 Å². The molecular formula is C17H17N3OS. The van der Waals surface area contributed by atoms with Crippen LogP contribution in [0.1, 0.15) is 6.92 Å². The van der Waals surface area contributed by atoms with Crippen LogP contribution in [0.4, 0.5) is 0 Å². The van der Waals surface area contributed by atoms with Crippen molar-refractivity contribution >= 4 is 23.0 Å². The average Bonchev–Trinajstić information content (AvgIpc) is 2.93. The Hall–Kier alpha value is -1.98. The van der Waals surface area contributed by atoms with Gasteiger partial charge in [0.05, 0.1) is 11.0 Å². The van der Waals surface area contributed by atoms with Gasteiger partial charge in [-0.05, 0) is 36.2 Å². The van der Waals surface area contributed by atoms with Gasteiger partial charge in [-0.2, -0.15) is 0 Å². The normalized spacial score (nSPS) is 15.0. The molecule has 0 fully saturated rings. The molecule has 4 rings (SSSR count). The fourth-order valence-electron chi connectivity index (χ4n) is 2.65. The monoisotopic (exact) mass is 311 g/mol. The highest BCUT2D eigenvalue weighted by atomic mass is 32.2. The molecule has 0 radical (unpaired) electrons. The lowest BCUT2D eigenvalue weighted by Crippen LogP contribution is -2.26. The second kappa shape index (κ2) is 5.66. The van der Waals surface area contributed by atoms with Gasteiger partial charge in [-0.15, -0.1) is 0 Å². The molecule has 5 heteroatoms. The third kappa shape index (κ3) is 2.46.